The van der Waals surface area contributed by atoms with Gasteiger partial charge in [0.1, 0.15) is 0 Å². The first-order valence-electron chi connectivity index (χ1n) is 5.63. The highest BCUT2D eigenvalue weighted by molar-refractivity contribution is 4.91. The fourth-order valence-corrected chi connectivity index (χ4v) is 3.88. The maximum Gasteiger partial charge on any atom is 0.00723 e. The van der Waals surface area contributed by atoms with E-state index in [1.54, 1.807) is 19.3 Å². The van der Waals surface area contributed by atoms with Crippen molar-refractivity contribution >= 4 is 0 Å². The molecule has 4 aliphatic rings. The minimum absolute atomic E-state index is 0.898. The smallest absolute Gasteiger partial charge is 0.00723 e. The molecule has 2 saturated carbocycles. The zero-order valence-corrected chi connectivity index (χ0v) is 7.76. The molecule has 2 aliphatic carbocycles. The van der Waals surface area contributed by atoms with Crippen LogP contribution in [0.25, 0.3) is 0 Å². The molecule has 2 aliphatic heterocycles. The maximum absolute atomic E-state index is 3.71. The Kier molecular flexibility index (Phi) is 1.68. The van der Waals surface area contributed by atoms with E-state index < -0.39 is 0 Å². The molecule has 4 bridgehead atoms. The van der Waals surface area contributed by atoms with E-state index in [1.165, 1.54) is 25.8 Å². The second-order valence-electron chi connectivity index (χ2n) is 5.22. The number of nitrogens with one attached hydrogen (secondary N) is 1. The fraction of sp³-hybridized carbons (Fsp3) is 1.00. The van der Waals surface area contributed by atoms with Crippen LogP contribution in [0.15, 0.2) is 0 Å². The zero-order valence-electron chi connectivity index (χ0n) is 7.76. The highest BCUT2D eigenvalue weighted by Gasteiger charge is 2.37. The van der Waals surface area contributed by atoms with Crippen molar-refractivity contribution in [2.24, 2.45) is 17.8 Å². The van der Waals surface area contributed by atoms with Gasteiger partial charge < -0.3 is 5.32 Å². The summed E-state index contributed by atoms with van der Waals surface area (Å²) in [5.74, 6) is 3.28. The van der Waals surface area contributed by atoms with Crippen LogP contribution in [0.3, 0.4) is 0 Å². The van der Waals surface area contributed by atoms with Gasteiger partial charge in [-0.05, 0) is 62.8 Å². The molecule has 1 nitrogen and oxygen atoms in total. The molecule has 0 spiro atoms. The van der Waals surface area contributed by atoms with Crippen molar-refractivity contribution < 1.29 is 0 Å². The van der Waals surface area contributed by atoms with Crippen LogP contribution in [0.1, 0.15) is 38.5 Å². The molecule has 0 amide bonds. The number of hydrogen-bond acceptors (Lipinski definition) is 1. The lowest BCUT2D eigenvalue weighted by Crippen LogP contribution is -2.44. The van der Waals surface area contributed by atoms with Crippen molar-refractivity contribution in [2.45, 2.75) is 44.6 Å². The van der Waals surface area contributed by atoms with Crippen molar-refractivity contribution in [1.82, 2.24) is 5.32 Å². The van der Waals surface area contributed by atoms with Crippen LogP contribution in [0.5, 0.6) is 0 Å². The van der Waals surface area contributed by atoms with Crippen molar-refractivity contribution in [3.63, 3.8) is 0 Å². The Morgan fingerprint density at radius 1 is 0.750 bits per heavy atom. The summed E-state index contributed by atoms with van der Waals surface area (Å²) in [6.07, 6.45) is 9.14. The number of fused-ring (bicyclic) bond motifs is 2. The van der Waals surface area contributed by atoms with Crippen LogP contribution in [0.4, 0.5) is 0 Å². The van der Waals surface area contributed by atoms with E-state index in [9.17, 15) is 0 Å². The van der Waals surface area contributed by atoms with Gasteiger partial charge in [-0.15, -0.1) is 0 Å². The van der Waals surface area contributed by atoms with E-state index in [2.05, 4.69) is 5.32 Å². The molecule has 4 fully saturated rings. The summed E-state index contributed by atoms with van der Waals surface area (Å²) in [5.41, 5.74) is 0. The van der Waals surface area contributed by atoms with Crippen LogP contribution in [-0.4, -0.2) is 12.6 Å². The van der Waals surface area contributed by atoms with Crippen molar-refractivity contribution in [3.8, 4) is 0 Å². The third-order valence-electron chi connectivity index (χ3n) is 4.22. The second kappa shape index (κ2) is 2.73. The maximum atomic E-state index is 3.71. The van der Waals surface area contributed by atoms with Crippen molar-refractivity contribution in [2.75, 3.05) is 6.54 Å². The highest BCUT2D eigenvalue weighted by Crippen LogP contribution is 2.44. The van der Waals surface area contributed by atoms with Crippen LogP contribution in [0.2, 0.25) is 0 Å². The average Bonchev–Trinajstić information content (AvgIpc) is 1.99. The van der Waals surface area contributed by atoms with E-state index in [0.717, 1.165) is 23.8 Å². The Bertz CT molecular complexity index is 144. The molecule has 4 rings (SSSR count). The molecule has 0 aromatic carbocycles. The first kappa shape index (κ1) is 7.37. The van der Waals surface area contributed by atoms with Crippen molar-refractivity contribution in [3.05, 3.63) is 0 Å². The molecule has 2 saturated heterocycles. The molecule has 1 heteroatoms. The lowest BCUT2D eigenvalue weighted by molar-refractivity contribution is 0.0875. The van der Waals surface area contributed by atoms with Gasteiger partial charge in [0.25, 0.3) is 0 Å². The fourth-order valence-electron chi connectivity index (χ4n) is 3.88. The summed E-state index contributed by atoms with van der Waals surface area (Å²) < 4.78 is 0. The van der Waals surface area contributed by atoms with Gasteiger partial charge >= 0.3 is 0 Å². The van der Waals surface area contributed by atoms with Gasteiger partial charge in [0.15, 0.2) is 0 Å². The molecular weight excluding hydrogens is 146 g/mol. The van der Waals surface area contributed by atoms with Gasteiger partial charge in [0.05, 0.1) is 0 Å². The number of hydrogen-bond donors (Lipinski definition) is 1. The van der Waals surface area contributed by atoms with E-state index in [4.69, 9.17) is 0 Å². The second-order valence-corrected chi connectivity index (χ2v) is 5.22. The Labute approximate surface area is 74.9 Å². The summed E-state index contributed by atoms with van der Waals surface area (Å²) in [6, 6.07) is 0.898. The molecular formula is C11H19N. The molecule has 0 aromatic heterocycles. The van der Waals surface area contributed by atoms with E-state index in [0.29, 0.717) is 0 Å². The van der Waals surface area contributed by atoms with E-state index >= 15 is 0 Å². The quantitative estimate of drug-likeness (QED) is 0.580. The standard InChI is InChI=1S/C11H19N/c1-2-12-11-6-9-3-8(1)4-10(5-9)7-11/h8-12H,1-7H2. The molecule has 2 unspecified atom stereocenters. The van der Waals surface area contributed by atoms with Gasteiger partial charge in [0, 0.05) is 6.04 Å². The van der Waals surface area contributed by atoms with Gasteiger partial charge in [0.2, 0.25) is 0 Å². The Balaban J connectivity index is 1.83. The molecule has 2 atom stereocenters. The predicted molar refractivity (Wildman–Crippen MR) is 50.0 cm³/mol. The monoisotopic (exact) mass is 165 g/mol. The van der Waals surface area contributed by atoms with Crippen LogP contribution < -0.4 is 5.32 Å². The summed E-state index contributed by atoms with van der Waals surface area (Å²) in [6.45, 7) is 1.30. The minimum atomic E-state index is 0.898. The molecule has 12 heavy (non-hydrogen) atoms. The summed E-state index contributed by atoms with van der Waals surface area (Å²) in [7, 11) is 0. The molecule has 1 N–H and O–H groups in total. The van der Waals surface area contributed by atoms with E-state index in [1.807, 2.05) is 0 Å². The number of rotatable bonds is 0. The normalized spacial score (nSPS) is 52.0. The van der Waals surface area contributed by atoms with Crippen LogP contribution in [-0.2, 0) is 0 Å². The van der Waals surface area contributed by atoms with E-state index in [-0.39, 0.29) is 0 Å². The van der Waals surface area contributed by atoms with Crippen molar-refractivity contribution in [1.29, 1.82) is 0 Å². The highest BCUT2D eigenvalue weighted by atomic mass is 14.9. The largest absolute Gasteiger partial charge is 0.314 e. The first-order chi connectivity index (χ1) is 5.90. The van der Waals surface area contributed by atoms with Gasteiger partial charge in [-0.25, -0.2) is 0 Å². The lowest BCUT2D eigenvalue weighted by atomic mass is 9.65. The first-order valence-corrected chi connectivity index (χ1v) is 5.63. The minimum Gasteiger partial charge on any atom is -0.314 e. The summed E-state index contributed by atoms with van der Waals surface area (Å²) in [4.78, 5) is 0. The third-order valence-corrected chi connectivity index (χ3v) is 4.22. The van der Waals surface area contributed by atoms with Gasteiger partial charge in [-0.3, -0.25) is 0 Å². The van der Waals surface area contributed by atoms with Crippen LogP contribution in [0, 0.1) is 17.8 Å². The average molecular weight is 165 g/mol. The zero-order chi connectivity index (χ0) is 7.97. The van der Waals surface area contributed by atoms with Gasteiger partial charge in [-0.2, -0.15) is 0 Å². The molecule has 2 heterocycles. The lowest BCUT2D eigenvalue weighted by Gasteiger charge is -2.45. The SMILES string of the molecule is C1CC2CC3CC(C2)CC(C3)N1. The predicted octanol–water partition coefficient (Wildman–Crippen LogP) is 2.17. The Morgan fingerprint density at radius 3 is 2.17 bits per heavy atom. The van der Waals surface area contributed by atoms with Crippen LogP contribution >= 0.6 is 0 Å². The summed E-state index contributed by atoms with van der Waals surface area (Å²) in [5, 5.41) is 3.71. The Morgan fingerprint density at radius 2 is 1.42 bits per heavy atom. The Hall–Kier alpha value is -0.0400. The van der Waals surface area contributed by atoms with Gasteiger partial charge in [-0.1, -0.05) is 0 Å². The summed E-state index contributed by atoms with van der Waals surface area (Å²) >= 11 is 0. The topological polar surface area (TPSA) is 12.0 Å². The third kappa shape index (κ3) is 1.19. The molecule has 0 aromatic rings. The molecule has 0 radical (unpaired) electrons. The molecule has 68 valence electrons.